The molecule has 114 valence electrons. The Morgan fingerprint density at radius 3 is 2.68 bits per heavy atom. The Balaban J connectivity index is 1.91. The van der Waals surface area contributed by atoms with E-state index in [1.54, 1.807) is 6.07 Å². The molecule has 0 saturated carbocycles. The molecule has 0 aliphatic heterocycles. The number of furan rings is 1. The molecule has 22 heavy (non-hydrogen) atoms. The van der Waals surface area contributed by atoms with E-state index in [9.17, 15) is 18.0 Å². The summed E-state index contributed by atoms with van der Waals surface area (Å²) in [6, 6.07) is 11.2. The number of rotatable bonds is 3. The molecule has 1 aromatic heterocycles. The lowest BCUT2D eigenvalue weighted by Crippen LogP contribution is -2.21. The summed E-state index contributed by atoms with van der Waals surface area (Å²) >= 11 is 0. The van der Waals surface area contributed by atoms with E-state index in [-0.39, 0.29) is 6.42 Å². The predicted molar refractivity (Wildman–Crippen MR) is 74.4 cm³/mol. The van der Waals surface area contributed by atoms with E-state index in [0.717, 1.165) is 16.2 Å². The van der Waals surface area contributed by atoms with Crippen LogP contribution in [0, 0.1) is 0 Å². The molecule has 0 fully saturated rings. The second-order valence-electron chi connectivity index (χ2n) is 4.87. The summed E-state index contributed by atoms with van der Waals surface area (Å²) in [6.07, 6.45) is -3.41. The number of hydrogen-bond donors (Lipinski definition) is 0. The summed E-state index contributed by atoms with van der Waals surface area (Å²) in [4.78, 5) is 11.6. The highest BCUT2D eigenvalue weighted by Crippen LogP contribution is 2.30. The van der Waals surface area contributed by atoms with Crippen LogP contribution in [0.3, 0.4) is 0 Å². The average Bonchev–Trinajstić information content (AvgIpc) is 2.88. The van der Waals surface area contributed by atoms with Gasteiger partial charge in [-0.05, 0) is 16.8 Å². The molecule has 0 N–H and O–H groups in total. The molecule has 0 unspecified atom stereocenters. The number of esters is 1. The van der Waals surface area contributed by atoms with Gasteiger partial charge in [0.05, 0.1) is 12.7 Å². The molecule has 1 heterocycles. The minimum Gasteiger partial charge on any atom is -0.464 e. The van der Waals surface area contributed by atoms with Gasteiger partial charge in [0.2, 0.25) is 0 Å². The molecule has 0 spiro atoms. The van der Waals surface area contributed by atoms with Gasteiger partial charge in [-0.25, -0.2) is 0 Å². The smallest absolute Gasteiger partial charge is 0.422 e. The van der Waals surface area contributed by atoms with Crippen molar-refractivity contribution in [1.82, 2.24) is 0 Å². The quantitative estimate of drug-likeness (QED) is 0.680. The van der Waals surface area contributed by atoms with Crippen molar-refractivity contribution < 1.29 is 27.1 Å². The number of fused-ring (bicyclic) bond motifs is 3. The van der Waals surface area contributed by atoms with Crippen molar-refractivity contribution in [2.24, 2.45) is 0 Å². The maximum Gasteiger partial charge on any atom is 0.422 e. The number of alkyl halides is 3. The molecule has 0 bridgehead atoms. The zero-order chi connectivity index (χ0) is 15.7. The van der Waals surface area contributed by atoms with E-state index in [0.29, 0.717) is 11.1 Å². The molecule has 3 nitrogen and oxygen atoms in total. The van der Waals surface area contributed by atoms with Crippen molar-refractivity contribution >= 4 is 27.7 Å². The van der Waals surface area contributed by atoms with E-state index in [2.05, 4.69) is 4.74 Å². The fourth-order valence-corrected chi connectivity index (χ4v) is 2.37. The summed E-state index contributed by atoms with van der Waals surface area (Å²) in [6.45, 7) is -1.58. The molecule has 3 rings (SSSR count). The number of carbonyl (C=O) groups is 1. The van der Waals surface area contributed by atoms with Crippen molar-refractivity contribution in [3.05, 3.63) is 48.2 Å². The van der Waals surface area contributed by atoms with Crippen LogP contribution in [-0.2, 0) is 16.0 Å². The van der Waals surface area contributed by atoms with Gasteiger partial charge in [-0.15, -0.1) is 0 Å². The Hall–Kier alpha value is -2.50. The Morgan fingerprint density at radius 1 is 1.14 bits per heavy atom. The van der Waals surface area contributed by atoms with Gasteiger partial charge < -0.3 is 9.15 Å². The van der Waals surface area contributed by atoms with Crippen molar-refractivity contribution in [3.8, 4) is 0 Å². The summed E-state index contributed by atoms with van der Waals surface area (Å²) in [5.41, 5.74) is 1.09. The van der Waals surface area contributed by atoms with Crippen LogP contribution in [0.5, 0.6) is 0 Å². The second kappa shape index (κ2) is 5.36. The first kappa shape index (κ1) is 14.4. The standard InChI is InChI=1S/C16H11F3O3/c17-16(18,19)9-22-14(20)7-11-8-21-13-6-5-10-3-1-2-4-12(10)15(11)13/h1-6,8H,7,9H2. The average molecular weight is 308 g/mol. The van der Waals surface area contributed by atoms with E-state index < -0.39 is 18.8 Å². The second-order valence-corrected chi connectivity index (χ2v) is 4.87. The molecule has 2 aromatic carbocycles. The van der Waals surface area contributed by atoms with E-state index in [1.165, 1.54) is 6.26 Å². The number of halogens is 3. The Labute approximate surface area is 123 Å². The lowest BCUT2D eigenvalue weighted by atomic mass is 10.0. The Kier molecular flexibility index (Phi) is 3.52. The van der Waals surface area contributed by atoms with Crippen LogP contribution in [0.25, 0.3) is 21.7 Å². The maximum atomic E-state index is 12.1. The molecular weight excluding hydrogens is 297 g/mol. The molecule has 0 aliphatic carbocycles. The summed E-state index contributed by atoms with van der Waals surface area (Å²) in [5, 5.41) is 2.57. The fraction of sp³-hybridized carbons (Fsp3) is 0.188. The van der Waals surface area contributed by atoms with Gasteiger partial charge in [0.25, 0.3) is 0 Å². The van der Waals surface area contributed by atoms with Crippen LogP contribution < -0.4 is 0 Å². The van der Waals surface area contributed by atoms with E-state index >= 15 is 0 Å². The number of benzene rings is 2. The summed E-state index contributed by atoms with van der Waals surface area (Å²) in [5.74, 6) is -0.937. The van der Waals surface area contributed by atoms with Crippen molar-refractivity contribution in [2.45, 2.75) is 12.6 Å². The zero-order valence-corrected chi connectivity index (χ0v) is 11.3. The first-order valence-corrected chi connectivity index (χ1v) is 6.54. The molecule has 6 heteroatoms. The minimum atomic E-state index is -4.53. The number of hydrogen-bond acceptors (Lipinski definition) is 3. The van der Waals surface area contributed by atoms with Crippen molar-refractivity contribution in [2.75, 3.05) is 6.61 Å². The molecule has 0 radical (unpaired) electrons. The zero-order valence-electron chi connectivity index (χ0n) is 11.3. The highest BCUT2D eigenvalue weighted by atomic mass is 19.4. The van der Waals surface area contributed by atoms with Crippen LogP contribution in [-0.4, -0.2) is 18.8 Å². The summed E-state index contributed by atoms with van der Waals surface area (Å²) in [7, 11) is 0. The Morgan fingerprint density at radius 2 is 1.91 bits per heavy atom. The number of carbonyl (C=O) groups excluding carboxylic acids is 1. The lowest BCUT2D eigenvalue weighted by molar-refractivity contribution is -0.185. The minimum absolute atomic E-state index is 0.267. The van der Waals surface area contributed by atoms with Gasteiger partial charge in [0.15, 0.2) is 6.61 Å². The van der Waals surface area contributed by atoms with Crippen molar-refractivity contribution in [3.63, 3.8) is 0 Å². The highest BCUT2D eigenvalue weighted by Gasteiger charge is 2.29. The van der Waals surface area contributed by atoms with E-state index in [1.807, 2.05) is 30.3 Å². The third kappa shape index (κ3) is 2.90. The van der Waals surface area contributed by atoms with Crippen molar-refractivity contribution in [1.29, 1.82) is 0 Å². The molecule has 0 aliphatic rings. The van der Waals surface area contributed by atoms with Crippen LogP contribution >= 0.6 is 0 Å². The third-order valence-corrected chi connectivity index (χ3v) is 3.27. The highest BCUT2D eigenvalue weighted by molar-refractivity contribution is 6.08. The van der Waals surface area contributed by atoms with E-state index in [4.69, 9.17) is 4.42 Å². The largest absolute Gasteiger partial charge is 0.464 e. The van der Waals surface area contributed by atoms with Gasteiger partial charge in [-0.2, -0.15) is 13.2 Å². The SMILES string of the molecule is O=C(Cc1coc2ccc3ccccc3c12)OCC(F)(F)F. The maximum absolute atomic E-state index is 12.1. The molecule has 3 aromatic rings. The first-order valence-electron chi connectivity index (χ1n) is 6.54. The summed E-state index contributed by atoms with van der Waals surface area (Å²) < 4.78 is 45.8. The normalized spacial score (nSPS) is 12.0. The topological polar surface area (TPSA) is 39.4 Å². The van der Waals surface area contributed by atoms with Gasteiger partial charge in [0, 0.05) is 10.9 Å². The molecule has 0 atom stereocenters. The first-order chi connectivity index (χ1) is 10.4. The fourth-order valence-electron chi connectivity index (χ4n) is 2.37. The lowest BCUT2D eigenvalue weighted by Gasteiger charge is -2.07. The van der Waals surface area contributed by atoms with Gasteiger partial charge in [-0.1, -0.05) is 30.3 Å². The number of ether oxygens (including phenoxy) is 1. The third-order valence-electron chi connectivity index (χ3n) is 3.27. The van der Waals surface area contributed by atoms with Crippen LogP contribution in [0.2, 0.25) is 0 Å². The van der Waals surface area contributed by atoms with Crippen LogP contribution in [0.1, 0.15) is 5.56 Å². The molecule has 0 amide bonds. The van der Waals surface area contributed by atoms with Crippen LogP contribution in [0.15, 0.2) is 47.1 Å². The Bertz CT molecular complexity index is 833. The predicted octanol–water partition coefficient (Wildman–Crippen LogP) is 4.23. The van der Waals surface area contributed by atoms with Gasteiger partial charge >= 0.3 is 12.1 Å². The monoisotopic (exact) mass is 308 g/mol. The molecular formula is C16H11F3O3. The van der Waals surface area contributed by atoms with Gasteiger partial charge in [0.1, 0.15) is 5.58 Å². The van der Waals surface area contributed by atoms with Crippen LogP contribution in [0.4, 0.5) is 13.2 Å². The molecule has 0 saturated heterocycles. The van der Waals surface area contributed by atoms with Gasteiger partial charge in [-0.3, -0.25) is 4.79 Å².